The van der Waals surface area contributed by atoms with E-state index < -0.39 is 0 Å². The Morgan fingerprint density at radius 2 is 1.88 bits per heavy atom. The lowest BCUT2D eigenvalue weighted by Crippen LogP contribution is -2.20. The highest BCUT2D eigenvalue weighted by Gasteiger charge is 2.00. The Balaban J connectivity index is 1.99. The molecule has 0 aromatic heterocycles. The second kappa shape index (κ2) is 8.94. The van der Waals surface area contributed by atoms with Crippen LogP contribution in [0.5, 0.6) is 0 Å². The molecule has 2 heteroatoms. The quantitative estimate of drug-likeness (QED) is 0.664. The smallest absolute Gasteiger partial charge is 0.134 e. The van der Waals surface area contributed by atoms with Gasteiger partial charge in [0.25, 0.3) is 0 Å². The zero-order valence-corrected chi connectivity index (χ0v) is 10.7. The van der Waals surface area contributed by atoms with Gasteiger partial charge < -0.3 is 5.32 Å². The first-order chi connectivity index (χ1) is 8.33. The van der Waals surface area contributed by atoms with Crippen LogP contribution in [0.4, 0.5) is 0 Å². The van der Waals surface area contributed by atoms with Crippen LogP contribution < -0.4 is 5.32 Å². The van der Waals surface area contributed by atoms with Crippen molar-refractivity contribution in [3.05, 3.63) is 35.9 Å². The molecule has 0 fully saturated rings. The average Bonchev–Trinajstić information content (AvgIpc) is 2.37. The summed E-state index contributed by atoms with van der Waals surface area (Å²) in [6, 6.07) is 10.4. The van der Waals surface area contributed by atoms with Gasteiger partial charge >= 0.3 is 0 Å². The molecule has 0 radical (unpaired) electrons. The zero-order chi connectivity index (χ0) is 12.3. The molecule has 1 aromatic rings. The van der Waals surface area contributed by atoms with E-state index in [1.807, 2.05) is 6.07 Å². The van der Waals surface area contributed by atoms with Crippen molar-refractivity contribution in [3.63, 3.8) is 0 Å². The molecular formula is C15H23NO. The van der Waals surface area contributed by atoms with Gasteiger partial charge in [0, 0.05) is 19.4 Å². The fourth-order valence-corrected chi connectivity index (χ4v) is 1.73. The Morgan fingerprint density at radius 1 is 1.12 bits per heavy atom. The minimum Gasteiger partial charge on any atom is -0.316 e. The van der Waals surface area contributed by atoms with E-state index in [1.54, 1.807) is 0 Å². The highest BCUT2D eigenvalue weighted by atomic mass is 16.1. The Hall–Kier alpha value is -1.15. The minimum absolute atomic E-state index is 0.388. The van der Waals surface area contributed by atoms with Gasteiger partial charge in [-0.1, -0.05) is 43.7 Å². The number of carbonyl (C=O) groups is 1. The van der Waals surface area contributed by atoms with Crippen LogP contribution in [0.15, 0.2) is 30.3 Å². The highest BCUT2D eigenvalue weighted by molar-refractivity contribution is 5.78. The normalized spacial score (nSPS) is 10.4. The van der Waals surface area contributed by atoms with E-state index in [4.69, 9.17) is 0 Å². The zero-order valence-electron chi connectivity index (χ0n) is 10.7. The molecule has 0 aliphatic heterocycles. The summed E-state index contributed by atoms with van der Waals surface area (Å²) in [5.41, 5.74) is 1.34. The molecule has 0 atom stereocenters. The molecule has 0 bridgehead atoms. The second-order valence-corrected chi connectivity index (χ2v) is 4.38. The SMILES string of the molecule is CCCCC(=O)CCNCCc1ccccc1. The Morgan fingerprint density at radius 3 is 2.59 bits per heavy atom. The van der Waals surface area contributed by atoms with E-state index in [0.29, 0.717) is 12.2 Å². The molecule has 0 unspecified atom stereocenters. The number of ketones is 1. The van der Waals surface area contributed by atoms with Gasteiger partial charge in [-0.3, -0.25) is 4.79 Å². The average molecular weight is 233 g/mol. The van der Waals surface area contributed by atoms with Gasteiger partial charge in [-0.25, -0.2) is 0 Å². The third kappa shape index (κ3) is 6.90. The molecule has 17 heavy (non-hydrogen) atoms. The van der Waals surface area contributed by atoms with Gasteiger partial charge in [0.1, 0.15) is 5.78 Å². The molecule has 0 amide bonds. The van der Waals surface area contributed by atoms with Crippen LogP contribution in [0.3, 0.4) is 0 Å². The number of rotatable bonds is 9. The highest BCUT2D eigenvalue weighted by Crippen LogP contribution is 1.99. The molecule has 0 aliphatic carbocycles. The monoisotopic (exact) mass is 233 g/mol. The van der Waals surface area contributed by atoms with E-state index in [9.17, 15) is 4.79 Å². The predicted molar refractivity (Wildman–Crippen MR) is 72.2 cm³/mol. The van der Waals surface area contributed by atoms with Gasteiger partial charge in [-0.05, 0) is 24.9 Å². The fourth-order valence-electron chi connectivity index (χ4n) is 1.73. The minimum atomic E-state index is 0.388. The van der Waals surface area contributed by atoms with Crippen molar-refractivity contribution in [2.24, 2.45) is 0 Å². The maximum Gasteiger partial charge on any atom is 0.134 e. The number of nitrogens with one attached hydrogen (secondary N) is 1. The van der Waals surface area contributed by atoms with Crippen LogP contribution in [0.25, 0.3) is 0 Å². The first kappa shape index (κ1) is 13.9. The van der Waals surface area contributed by atoms with Gasteiger partial charge in [0.15, 0.2) is 0 Å². The second-order valence-electron chi connectivity index (χ2n) is 4.38. The van der Waals surface area contributed by atoms with Crippen molar-refractivity contribution in [2.75, 3.05) is 13.1 Å². The Kier molecular flexibility index (Phi) is 7.32. The summed E-state index contributed by atoms with van der Waals surface area (Å²) >= 11 is 0. The van der Waals surface area contributed by atoms with Gasteiger partial charge in [0.05, 0.1) is 0 Å². The topological polar surface area (TPSA) is 29.1 Å². The molecule has 0 spiro atoms. The molecular weight excluding hydrogens is 210 g/mol. The third-order valence-corrected chi connectivity index (χ3v) is 2.82. The summed E-state index contributed by atoms with van der Waals surface area (Å²) in [6.45, 7) is 3.88. The van der Waals surface area contributed by atoms with Crippen LogP contribution in [0.2, 0.25) is 0 Å². The van der Waals surface area contributed by atoms with E-state index in [1.165, 1.54) is 5.56 Å². The molecule has 1 N–H and O–H groups in total. The fraction of sp³-hybridized carbons (Fsp3) is 0.533. The maximum atomic E-state index is 11.4. The van der Waals surface area contributed by atoms with Crippen molar-refractivity contribution in [2.45, 2.75) is 39.0 Å². The largest absolute Gasteiger partial charge is 0.316 e. The van der Waals surface area contributed by atoms with Crippen LogP contribution in [0, 0.1) is 0 Å². The lowest BCUT2D eigenvalue weighted by atomic mass is 10.1. The van der Waals surface area contributed by atoms with Crippen LogP contribution in [-0.4, -0.2) is 18.9 Å². The number of benzene rings is 1. The summed E-state index contributed by atoms with van der Waals surface area (Å²) in [5.74, 6) is 0.388. The van der Waals surface area contributed by atoms with Crippen molar-refractivity contribution in [1.82, 2.24) is 5.32 Å². The number of Topliss-reactive ketones (excluding diaryl/α,β-unsaturated/α-hetero) is 1. The third-order valence-electron chi connectivity index (χ3n) is 2.82. The summed E-state index contributed by atoms with van der Waals surface area (Å²) in [7, 11) is 0. The first-order valence-electron chi connectivity index (χ1n) is 6.59. The lowest BCUT2D eigenvalue weighted by molar-refractivity contribution is -0.119. The van der Waals surface area contributed by atoms with Crippen LogP contribution >= 0.6 is 0 Å². The first-order valence-corrected chi connectivity index (χ1v) is 6.59. The molecule has 0 aliphatic rings. The van der Waals surface area contributed by atoms with E-state index in [0.717, 1.165) is 38.8 Å². The standard InChI is InChI=1S/C15H23NO/c1-2-3-9-15(17)11-13-16-12-10-14-7-5-4-6-8-14/h4-8,16H,2-3,9-13H2,1H3. The van der Waals surface area contributed by atoms with Crippen molar-refractivity contribution >= 4 is 5.78 Å². The molecule has 0 saturated heterocycles. The van der Waals surface area contributed by atoms with Crippen LogP contribution in [0.1, 0.15) is 38.2 Å². The van der Waals surface area contributed by atoms with Gasteiger partial charge in [-0.2, -0.15) is 0 Å². The Labute approximate surface area is 104 Å². The molecule has 0 heterocycles. The Bertz CT molecular complexity index is 308. The number of hydrogen-bond donors (Lipinski definition) is 1. The van der Waals surface area contributed by atoms with E-state index in [-0.39, 0.29) is 0 Å². The number of carbonyl (C=O) groups excluding carboxylic acids is 1. The number of unbranched alkanes of at least 4 members (excludes halogenated alkanes) is 1. The van der Waals surface area contributed by atoms with Crippen molar-refractivity contribution in [1.29, 1.82) is 0 Å². The van der Waals surface area contributed by atoms with E-state index in [2.05, 4.69) is 36.5 Å². The summed E-state index contributed by atoms with van der Waals surface area (Å²) in [5, 5.41) is 3.32. The van der Waals surface area contributed by atoms with Crippen molar-refractivity contribution in [3.8, 4) is 0 Å². The lowest BCUT2D eigenvalue weighted by Gasteiger charge is -2.04. The summed E-state index contributed by atoms with van der Waals surface area (Å²) < 4.78 is 0. The molecule has 0 saturated carbocycles. The van der Waals surface area contributed by atoms with Crippen LogP contribution in [-0.2, 0) is 11.2 Å². The summed E-state index contributed by atoms with van der Waals surface area (Å²) in [6.07, 6.45) is 4.59. The predicted octanol–water partition coefficient (Wildman–Crippen LogP) is 2.97. The van der Waals surface area contributed by atoms with E-state index >= 15 is 0 Å². The van der Waals surface area contributed by atoms with Gasteiger partial charge in [0.2, 0.25) is 0 Å². The number of hydrogen-bond acceptors (Lipinski definition) is 2. The summed E-state index contributed by atoms with van der Waals surface area (Å²) in [4.78, 5) is 11.4. The molecule has 94 valence electrons. The van der Waals surface area contributed by atoms with Crippen molar-refractivity contribution < 1.29 is 4.79 Å². The molecule has 2 nitrogen and oxygen atoms in total. The van der Waals surface area contributed by atoms with Gasteiger partial charge in [-0.15, -0.1) is 0 Å². The maximum absolute atomic E-state index is 11.4. The molecule has 1 rings (SSSR count). The molecule has 1 aromatic carbocycles.